The summed E-state index contributed by atoms with van der Waals surface area (Å²) < 4.78 is 0. The third-order valence-corrected chi connectivity index (χ3v) is 2.51. The molecule has 0 saturated carbocycles. The zero-order valence-electron chi connectivity index (χ0n) is 10.8. The molecule has 18 heavy (non-hydrogen) atoms. The van der Waals surface area contributed by atoms with Gasteiger partial charge >= 0.3 is 0 Å². The van der Waals surface area contributed by atoms with Crippen molar-refractivity contribution < 1.29 is 5.11 Å². The zero-order valence-corrected chi connectivity index (χ0v) is 10.8. The number of hydrogen-bond donors (Lipinski definition) is 3. The molecule has 0 saturated heterocycles. The van der Waals surface area contributed by atoms with Crippen LogP contribution in [0.15, 0.2) is 41.9 Å². The predicted octanol–water partition coefficient (Wildman–Crippen LogP) is 1.68. The minimum atomic E-state index is 0.311. The SMILES string of the molecule is C=CCNC(=NC)NCCCc1ccc(O)cc1. The highest BCUT2D eigenvalue weighted by Crippen LogP contribution is 2.10. The topological polar surface area (TPSA) is 56.7 Å². The quantitative estimate of drug-likeness (QED) is 0.310. The Morgan fingerprint density at radius 2 is 2.06 bits per heavy atom. The second-order valence-electron chi connectivity index (χ2n) is 3.94. The number of phenolic OH excluding ortho intramolecular Hbond substituents is 1. The summed E-state index contributed by atoms with van der Waals surface area (Å²) >= 11 is 0. The van der Waals surface area contributed by atoms with Crippen LogP contribution in [0, 0.1) is 0 Å². The number of aromatic hydroxyl groups is 1. The monoisotopic (exact) mass is 247 g/mol. The number of guanidine groups is 1. The number of nitrogens with zero attached hydrogens (tertiary/aromatic N) is 1. The highest BCUT2D eigenvalue weighted by molar-refractivity contribution is 5.79. The van der Waals surface area contributed by atoms with Gasteiger partial charge in [0.25, 0.3) is 0 Å². The van der Waals surface area contributed by atoms with Crippen molar-refractivity contribution in [1.29, 1.82) is 0 Å². The molecule has 0 atom stereocenters. The maximum absolute atomic E-state index is 9.17. The van der Waals surface area contributed by atoms with Crippen LogP contribution in [0.2, 0.25) is 0 Å². The summed E-state index contributed by atoms with van der Waals surface area (Å²) in [7, 11) is 1.75. The van der Waals surface area contributed by atoms with E-state index in [1.165, 1.54) is 5.56 Å². The minimum Gasteiger partial charge on any atom is -0.508 e. The lowest BCUT2D eigenvalue weighted by Crippen LogP contribution is -2.37. The Labute approximate surface area is 108 Å². The molecule has 0 bridgehead atoms. The van der Waals surface area contributed by atoms with Crippen molar-refractivity contribution in [2.24, 2.45) is 4.99 Å². The van der Waals surface area contributed by atoms with Gasteiger partial charge in [-0.1, -0.05) is 18.2 Å². The van der Waals surface area contributed by atoms with Gasteiger partial charge in [0.15, 0.2) is 5.96 Å². The first-order valence-corrected chi connectivity index (χ1v) is 6.09. The van der Waals surface area contributed by atoms with Crippen LogP contribution in [0.3, 0.4) is 0 Å². The second kappa shape index (κ2) is 8.17. The molecule has 98 valence electrons. The molecule has 4 heteroatoms. The Balaban J connectivity index is 2.21. The van der Waals surface area contributed by atoms with Gasteiger partial charge in [0, 0.05) is 20.1 Å². The summed E-state index contributed by atoms with van der Waals surface area (Å²) in [5.74, 6) is 1.10. The van der Waals surface area contributed by atoms with E-state index >= 15 is 0 Å². The first kappa shape index (κ1) is 14.1. The van der Waals surface area contributed by atoms with Gasteiger partial charge in [-0.25, -0.2) is 0 Å². The number of hydrogen-bond acceptors (Lipinski definition) is 2. The van der Waals surface area contributed by atoms with Crippen LogP contribution in [-0.2, 0) is 6.42 Å². The fraction of sp³-hybridized carbons (Fsp3) is 0.357. The molecule has 1 aromatic rings. The molecule has 0 radical (unpaired) electrons. The highest BCUT2D eigenvalue weighted by Gasteiger charge is 1.96. The second-order valence-corrected chi connectivity index (χ2v) is 3.94. The van der Waals surface area contributed by atoms with Gasteiger partial charge in [-0.05, 0) is 30.5 Å². The lowest BCUT2D eigenvalue weighted by molar-refractivity contribution is 0.475. The Bertz CT molecular complexity index is 385. The molecule has 0 unspecified atom stereocenters. The number of aliphatic imine (C=N–C) groups is 1. The molecule has 3 N–H and O–H groups in total. The lowest BCUT2D eigenvalue weighted by Gasteiger charge is -2.10. The number of phenols is 1. The third-order valence-electron chi connectivity index (χ3n) is 2.51. The fourth-order valence-electron chi connectivity index (χ4n) is 1.55. The van der Waals surface area contributed by atoms with Crippen LogP contribution >= 0.6 is 0 Å². The van der Waals surface area contributed by atoms with Gasteiger partial charge in [0.1, 0.15) is 5.75 Å². The summed E-state index contributed by atoms with van der Waals surface area (Å²) in [5.41, 5.74) is 1.23. The molecular weight excluding hydrogens is 226 g/mol. The number of benzene rings is 1. The maximum Gasteiger partial charge on any atom is 0.191 e. The minimum absolute atomic E-state index is 0.311. The number of rotatable bonds is 6. The Morgan fingerprint density at radius 1 is 1.33 bits per heavy atom. The van der Waals surface area contributed by atoms with Crippen LogP contribution in [-0.4, -0.2) is 31.2 Å². The van der Waals surface area contributed by atoms with Gasteiger partial charge in [-0.2, -0.15) is 0 Å². The van der Waals surface area contributed by atoms with E-state index in [0.717, 1.165) is 25.3 Å². The fourth-order valence-corrected chi connectivity index (χ4v) is 1.55. The Kier molecular flexibility index (Phi) is 6.40. The lowest BCUT2D eigenvalue weighted by atomic mass is 10.1. The van der Waals surface area contributed by atoms with Crippen LogP contribution in [0.5, 0.6) is 5.75 Å². The van der Waals surface area contributed by atoms with Gasteiger partial charge < -0.3 is 15.7 Å². The summed E-state index contributed by atoms with van der Waals surface area (Å²) in [6, 6.07) is 7.32. The molecule has 0 aliphatic rings. The van der Waals surface area contributed by atoms with Crippen molar-refractivity contribution in [3.63, 3.8) is 0 Å². The van der Waals surface area contributed by atoms with Crippen molar-refractivity contribution in [1.82, 2.24) is 10.6 Å². The maximum atomic E-state index is 9.17. The average molecular weight is 247 g/mol. The summed E-state index contributed by atoms with van der Waals surface area (Å²) in [6.45, 7) is 5.21. The van der Waals surface area contributed by atoms with E-state index in [2.05, 4.69) is 22.2 Å². The summed E-state index contributed by atoms with van der Waals surface area (Å²) in [5, 5.41) is 15.5. The molecule has 0 spiro atoms. The number of nitrogens with one attached hydrogen (secondary N) is 2. The first-order valence-electron chi connectivity index (χ1n) is 6.09. The number of aryl methyl sites for hydroxylation is 1. The molecule has 0 heterocycles. The van der Waals surface area contributed by atoms with Crippen molar-refractivity contribution in [3.8, 4) is 5.75 Å². The Morgan fingerprint density at radius 3 is 2.67 bits per heavy atom. The molecule has 0 aliphatic heterocycles. The van der Waals surface area contributed by atoms with Crippen LogP contribution in [0.1, 0.15) is 12.0 Å². The van der Waals surface area contributed by atoms with E-state index in [1.54, 1.807) is 25.3 Å². The van der Waals surface area contributed by atoms with Crippen LogP contribution < -0.4 is 10.6 Å². The third kappa shape index (κ3) is 5.39. The van der Waals surface area contributed by atoms with Crippen molar-refractivity contribution in [2.45, 2.75) is 12.8 Å². The van der Waals surface area contributed by atoms with E-state index in [9.17, 15) is 5.11 Å². The molecule has 4 nitrogen and oxygen atoms in total. The molecule has 0 aliphatic carbocycles. The smallest absolute Gasteiger partial charge is 0.191 e. The van der Waals surface area contributed by atoms with Crippen molar-refractivity contribution >= 4 is 5.96 Å². The van der Waals surface area contributed by atoms with Crippen LogP contribution in [0.25, 0.3) is 0 Å². The standard InChI is InChI=1S/C14H21N3O/c1-3-10-16-14(15-2)17-11-4-5-12-6-8-13(18)9-7-12/h3,6-9,18H,1,4-5,10-11H2,2H3,(H2,15,16,17). The molecule has 0 amide bonds. The van der Waals surface area contributed by atoms with Crippen molar-refractivity contribution in [2.75, 3.05) is 20.1 Å². The van der Waals surface area contributed by atoms with Gasteiger partial charge in [-0.15, -0.1) is 6.58 Å². The van der Waals surface area contributed by atoms with E-state index in [-0.39, 0.29) is 0 Å². The van der Waals surface area contributed by atoms with E-state index in [0.29, 0.717) is 12.3 Å². The van der Waals surface area contributed by atoms with Gasteiger partial charge in [0.05, 0.1) is 0 Å². The average Bonchev–Trinajstić information content (AvgIpc) is 2.40. The molecular formula is C14H21N3O. The first-order chi connectivity index (χ1) is 8.76. The summed E-state index contributed by atoms with van der Waals surface area (Å²) in [4.78, 5) is 4.10. The highest BCUT2D eigenvalue weighted by atomic mass is 16.3. The molecule has 0 aromatic heterocycles. The van der Waals surface area contributed by atoms with Gasteiger partial charge in [0.2, 0.25) is 0 Å². The Hall–Kier alpha value is -1.97. The summed E-state index contributed by atoms with van der Waals surface area (Å²) in [6.07, 6.45) is 3.79. The van der Waals surface area contributed by atoms with E-state index < -0.39 is 0 Å². The van der Waals surface area contributed by atoms with Gasteiger partial charge in [-0.3, -0.25) is 4.99 Å². The van der Waals surface area contributed by atoms with Crippen LogP contribution in [0.4, 0.5) is 0 Å². The molecule has 1 rings (SSSR count). The van der Waals surface area contributed by atoms with Crippen molar-refractivity contribution in [3.05, 3.63) is 42.5 Å². The predicted molar refractivity (Wildman–Crippen MR) is 76.0 cm³/mol. The van der Waals surface area contributed by atoms with E-state index in [1.807, 2.05) is 12.1 Å². The normalized spacial score (nSPS) is 11.1. The zero-order chi connectivity index (χ0) is 13.2. The van der Waals surface area contributed by atoms with E-state index in [4.69, 9.17) is 0 Å². The molecule has 0 fully saturated rings. The molecule has 1 aromatic carbocycles. The largest absolute Gasteiger partial charge is 0.508 e.